The van der Waals surface area contributed by atoms with E-state index < -0.39 is 0 Å². The Kier molecular flexibility index (Phi) is 4.84. The number of anilines is 1. The first-order valence-electron chi connectivity index (χ1n) is 9.93. The number of aryl methyl sites for hydroxylation is 1. The highest BCUT2D eigenvalue weighted by Gasteiger charge is 2.17. The molecule has 1 N–H and O–H groups in total. The minimum atomic E-state index is -0.272. The molecule has 0 unspecified atom stereocenters. The van der Waals surface area contributed by atoms with Crippen LogP contribution in [0, 0.1) is 6.92 Å². The highest BCUT2D eigenvalue weighted by atomic mass is 32.1. The molecular formula is C25H19N3O2S. The fourth-order valence-corrected chi connectivity index (χ4v) is 4.83. The van der Waals surface area contributed by atoms with Crippen molar-refractivity contribution in [2.45, 2.75) is 13.5 Å². The molecule has 0 saturated heterocycles. The SMILES string of the molecule is Cc1sc2ncn(CC(=O)Nc3ccc4ccccc4c3)c(=O)c2c1-c1ccccc1. The van der Waals surface area contributed by atoms with Crippen molar-refractivity contribution in [2.75, 3.05) is 5.32 Å². The zero-order chi connectivity index (χ0) is 21.4. The molecule has 0 bridgehead atoms. The molecule has 0 radical (unpaired) electrons. The van der Waals surface area contributed by atoms with Crippen molar-refractivity contribution in [3.63, 3.8) is 0 Å². The molecule has 0 atom stereocenters. The lowest BCUT2D eigenvalue weighted by Gasteiger charge is -2.09. The van der Waals surface area contributed by atoms with Crippen molar-refractivity contribution in [1.29, 1.82) is 0 Å². The number of hydrogen-bond acceptors (Lipinski definition) is 4. The Balaban J connectivity index is 1.46. The zero-order valence-electron chi connectivity index (χ0n) is 16.8. The quantitative estimate of drug-likeness (QED) is 0.429. The van der Waals surface area contributed by atoms with Gasteiger partial charge in [0.2, 0.25) is 5.91 Å². The van der Waals surface area contributed by atoms with Crippen LogP contribution >= 0.6 is 11.3 Å². The number of rotatable bonds is 4. The third kappa shape index (κ3) is 3.62. The highest BCUT2D eigenvalue weighted by molar-refractivity contribution is 7.19. The molecule has 0 aliphatic rings. The van der Waals surface area contributed by atoms with Gasteiger partial charge in [-0.1, -0.05) is 60.7 Å². The molecule has 0 fully saturated rings. The summed E-state index contributed by atoms with van der Waals surface area (Å²) in [5, 5.41) is 5.60. The van der Waals surface area contributed by atoms with Gasteiger partial charge in [0.15, 0.2) is 0 Å². The molecule has 3 aromatic carbocycles. The third-order valence-corrected chi connectivity index (χ3v) is 6.28. The van der Waals surface area contributed by atoms with Gasteiger partial charge in [-0.05, 0) is 35.4 Å². The summed E-state index contributed by atoms with van der Waals surface area (Å²) in [6.07, 6.45) is 1.45. The summed E-state index contributed by atoms with van der Waals surface area (Å²) in [5.41, 5.74) is 2.36. The van der Waals surface area contributed by atoms with E-state index in [1.165, 1.54) is 22.2 Å². The van der Waals surface area contributed by atoms with Gasteiger partial charge >= 0.3 is 0 Å². The van der Waals surface area contributed by atoms with E-state index in [4.69, 9.17) is 0 Å². The van der Waals surface area contributed by atoms with Crippen LogP contribution in [0.2, 0.25) is 0 Å². The van der Waals surface area contributed by atoms with Gasteiger partial charge < -0.3 is 5.32 Å². The molecule has 1 amide bonds. The van der Waals surface area contributed by atoms with Crippen LogP contribution in [0.5, 0.6) is 0 Å². The van der Waals surface area contributed by atoms with E-state index in [-0.39, 0.29) is 18.0 Å². The number of amides is 1. The standard InChI is InChI=1S/C25H19N3O2S/c1-16-22(18-8-3-2-4-9-18)23-24(31-16)26-15-28(25(23)30)14-21(29)27-20-12-11-17-7-5-6-10-19(17)13-20/h2-13,15H,14H2,1H3,(H,27,29). The van der Waals surface area contributed by atoms with E-state index in [9.17, 15) is 9.59 Å². The van der Waals surface area contributed by atoms with Gasteiger partial charge in [-0.15, -0.1) is 11.3 Å². The second-order valence-corrected chi connectivity index (χ2v) is 8.57. The summed E-state index contributed by atoms with van der Waals surface area (Å²) in [6.45, 7) is 1.89. The number of nitrogens with one attached hydrogen (secondary N) is 1. The number of nitrogens with zero attached hydrogens (tertiary/aromatic N) is 2. The van der Waals surface area contributed by atoms with E-state index in [0.29, 0.717) is 15.9 Å². The molecule has 31 heavy (non-hydrogen) atoms. The first-order valence-corrected chi connectivity index (χ1v) is 10.7. The summed E-state index contributed by atoms with van der Waals surface area (Å²) in [6, 6.07) is 23.5. The maximum Gasteiger partial charge on any atom is 0.263 e. The van der Waals surface area contributed by atoms with Crippen molar-refractivity contribution < 1.29 is 4.79 Å². The summed E-state index contributed by atoms with van der Waals surface area (Å²) in [7, 11) is 0. The van der Waals surface area contributed by atoms with Crippen LogP contribution in [-0.2, 0) is 11.3 Å². The van der Waals surface area contributed by atoms with Gasteiger partial charge in [-0.2, -0.15) is 0 Å². The fraction of sp³-hybridized carbons (Fsp3) is 0.0800. The smallest absolute Gasteiger partial charge is 0.263 e. The summed E-state index contributed by atoms with van der Waals surface area (Å²) in [5.74, 6) is -0.272. The van der Waals surface area contributed by atoms with Crippen LogP contribution in [0.1, 0.15) is 4.88 Å². The van der Waals surface area contributed by atoms with Gasteiger partial charge in [0.05, 0.1) is 11.7 Å². The first-order chi connectivity index (χ1) is 15.1. The lowest BCUT2D eigenvalue weighted by Crippen LogP contribution is -2.27. The molecule has 5 nitrogen and oxygen atoms in total. The Morgan fingerprint density at radius 2 is 1.74 bits per heavy atom. The lowest BCUT2D eigenvalue weighted by atomic mass is 10.0. The fourth-order valence-electron chi connectivity index (χ4n) is 3.82. The topological polar surface area (TPSA) is 64.0 Å². The molecular weight excluding hydrogens is 406 g/mol. The Labute approximate surface area is 182 Å². The zero-order valence-corrected chi connectivity index (χ0v) is 17.6. The van der Waals surface area contributed by atoms with Crippen molar-refractivity contribution in [3.05, 3.63) is 94.4 Å². The molecule has 0 aliphatic carbocycles. The molecule has 152 valence electrons. The maximum atomic E-state index is 13.2. The molecule has 2 heterocycles. The van der Waals surface area contributed by atoms with Crippen molar-refractivity contribution in [1.82, 2.24) is 9.55 Å². The van der Waals surface area contributed by atoms with Crippen LogP contribution in [-0.4, -0.2) is 15.5 Å². The van der Waals surface area contributed by atoms with Crippen LogP contribution in [0.25, 0.3) is 32.1 Å². The largest absolute Gasteiger partial charge is 0.325 e. The highest BCUT2D eigenvalue weighted by Crippen LogP contribution is 2.35. The van der Waals surface area contributed by atoms with Crippen LogP contribution in [0.3, 0.4) is 0 Å². The predicted molar refractivity (Wildman–Crippen MR) is 127 cm³/mol. The van der Waals surface area contributed by atoms with Crippen LogP contribution < -0.4 is 10.9 Å². The average Bonchev–Trinajstić information content (AvgIpc) is 3.13. The number of benzene rings is 3. The number of thiophene rings is 1. The number of carbonyl (C=O) groups is 1. The van der Waals surface area contributed by atoms with E-state index in [0.717, 1.165) is 26.8 Å². The van der Waals surface area contributed by atoms with E-state index in [1.807, 2.05) is 79.7 Å². The molecule has 0 saturated carbocycles. The van der Waals surface area contributed by atoms with E-state index >= 15 is 0 Å². The number of fused-ring (bicyclic) bond motifs is 2. The van der Waals surface area contributed by atoms with Gasteiger partial charge in [0.1, 0.15) is 11.4 Å². The third-order valence-electron chi connectivity index (χ3n) is 5.26. The lowest BCUT2D eigenvalue weighted by molar-refractivity contribution is -0.116. The Morgan fingerprint density at radius 3 is 2.55 bits per heavy atom. The summed E-state index contributed by atoms with van der Waals surface area (Å²) in [4.78, 5) is 32.1. The maximum absolute atomic E-state index is 13.2. The second-order valence-electron chi connectivity index (χ2n) is 7.37. The number of aromatic nitrogens is 2. The Hall–Kier alpha value is -3.77. The second kappa shape index (κ2) is 7.81. The monoisotopic (exact) mass is 425 g/mol. The Morgan fingerprint density at radius 1 is 1.00 bits per heavy atom. The average molecular weight is 426 g/mol. The van der Waals surface area contributed by atoms with Gasteiger partial charge in [-0.25, -0.2) is 4.98 Å². The molecule has 2 aromatic heterocycles. The van der Waals surface area contributed by atoms with Crippen molar-refractivity contribution >= 4 is 43.9 Å². The minimum absolute atomic E-state index is 0.0995. The molecule has 0 aliphatic heterocycles. The van der Waals surface area contributed by atoms with E-state index in [1.54, 1.807) is 0 Å². The van der Waals surface area contributed by atoms with Crippen LogP contribution in [0.4, 0.5) is 5.69 Å². The summed E-state index contributed by atoms with van der Waals surface area (Å²) < 4.78 is 1.37. The predicted octanol–water partition coefficient (Wildman–Crippen LogP) is 5.23. The van der Waals surface area contributed by atoms with Crippen LogP contribution in [0.15, 0.2) is 83.9 Å². The van der Waals surface area contributed by atoms with Gasteiger partial charge in [-0.3, -0.25) is 14.2 Å². The molecule has 0 spiro atoms. The first kappa shape index (κ1) is 19.2. The van der Waals surface area contributed by atoms with E-state index in [2.05, 4.69) is 10.3 Å². The van der Waals surface area contributed by atoms with Gasteiger partial charge in [0.25, 0.3) is 5.56 Å². The minimum Gasteiger partial charge on any atom is -0.325 e. The van der Waals surface area contributed by atoms with Crippen molar-refractivity contribution in [3.8, 4) is 11.1 Å². The van der Waals surface area contributed by atoms with Crippen molar-refractivity contribution in [2.24, 2.45) is 0 Å². The number of carbonyl (C=O) groups excluding carboxylic acids is 1. The number of hydrogen-bond donors (Lipinski definition) is 1. The molecule has 5 aromatic rings. The Bertz CT molecular complexity index is 1490. The summed E-state index contributed by atoms with van der Waals surface area (Å²) >= 11 is 1.49. The molecule has 6 heteroatoms. The van der Waals surface area contributed by atoms with Gasteiger partial charge in [0, 0.05) is 16.1 Å². The normalized spacial score (nSPS) is 11.1. The molecule has 5 rings (SSSR count).